The lowest BCUT2D eigenvalue weighted by molar-refractivity contribution is 0.187. The van der Waals surface area contributed by atoms with Crippen LogP contribution in [0, 0.1) is 11.8 Å². The molecule has 0 atom stereocenters. The molecular weight excluding hydrogens is 202 g/mol. The summed E-state index contributed by atoms with van der Waals surface area (Å²) >= 11 is 1.26. The third-order valence-corrected chi connectivity index (χ3v) is 2.04. The number of aromatic nitrogens is 1. The number of carbonyl (C=O) groups is 1. The minimum absolute atomic E-state index is 0.303. The standard InChI is InChI=1S/C8H9N3O2S/c1-13-8(12)11-7-10-5-6(14-7)3-2-4-9/h5H,4,9H2,1H3,(H,10,11,12). The minimum atomic E-state index is -0.544. The first kappa shape index (κ1) is 10.5. The number of nitrogens with zero attached hydrogens (tertiary/aromatic N) is 1. The molecule has 0 bridgehead atoms. The Hall–Kier alpha value is -1.58. The second-order valence-electron chi connectivity index (χ2n) is 2.15. The van der Waals surface area contributed by atoms with Gasteiger partial charge in [-0.1, -0.05) is 23.2 Å². The predicted octanol–water partition coefficient (Wildman–Crippen LogP) is 0.632. The van der Waals surface area contributed by atoms with E-state index in [1.165, 1.54) is 18.4 Å². The molecule has 1 aromatic rings. The molecule has 0 saturated carbocycles. The molecule has 1 rings (SSSR count). The zero-order valence-electron chi connectivity index (χ0n) is 7.53. The van der Waals surface area contributed by atoms with Crippen molar-refractivity contribution < 1.29 is 9.53 Å². The SMILES string of the molecule is COC(=O)Nc1ncc(C#CCN)s1. The number of carbonyl (C=O) groups excluding carboxylic acids is 1. The summed E-state index contributed by atoms with van der Waals surface area (Å²) in [6.07, 6.45) is 1.02. The summed E-state index contributed by atoms with van der Waals surface area (Å²) in [7, 11) is 1.29. The maximum atomic E-state index is 10.8. The summed E-state index contributed by atoms with van der Waals surface area (Å²) in [5.74, 6) is 5.49. The van der Waals surface area contributed by atoms with Gasteiger partial charge in [-0.15, -0.1) is 0 Å². The van der Waals surface area contributed by atoms with E-state index in [1.807, 2.05) is 0 Å². The van der Waals surface area contributed by atoms with Crippen molar-refractivity contribution in [3.8, 4) is 11.8 Å². The number of amides is 1. The monoisotopic (exact) mass is 211 g/mol. The highest BCUT2D eigenvalue weighted by atomic mass is 32.1. The third kappa shape index (κ3) is 3.05. The Morgan fingerprint density at radius 2 is 2.64 bits per heavy atom. The lowest BCUT2D eigenvalue weighted by atomic mass is 10.5. The van der Waals surface area contributed by atoms with Crippen molar-refractivity contribution >= 4 is 22.6 Å². The number of methoxy groups -OCH3 is 1. The van der Waals surface area contributed by atoms with Crippen LogP contribution in [0.3, 0.4) is 0 Å². The number of nitrogens with two attached hydrogens (primary N) is 1. The van der Waals surface area contributed by atoms with Gasteiger partial charge in [-0.25, -0.2) is 9.78 Å². The zero-order chi connectivity index (χ0) is 10.4. The van der Waals surface area contributed by atoms with Gasteiger partial charge in [-0.05, 0) is 0 Å². The molecule has 0 spiro atoms. The van der Waals surface area contributed by atoms with E-state index in [0.29, 0.717) is 11.7 Å². The van der Waals surface area contributed by atoms with Crippen molar-refractivity contribution in [1.82, 2.24) is 4.98 Å². The van der Waals surface area contributed by atoms with Crippen molar-refractivity contribution in [3.05, 3.63) is 11.1 Å². The first-order chi connectivity index (χ1) is 6.76. The number of thiazole rings is 1. The molecule has 0 aliphatic rings. The Labute approximate surface area is 85.3 Å². The fraction of sp³-hybridized carbons (Fsp3) is 0.250. The largest absolute Gasteiger partial charge is 0.453 e. The van der Waals surface area contributed by atoms with Crippen LogP contribution in [-0.4, -0.2) is 24.7 Å². The molecule has 3 N–H and O–H groups in total. The van der Waals surface area contributed by atoms with Gasteiger partial charge in [0.25, 0.3) is 0 Å². The first-order valence-electron chi connectivity index (χ1n) is 3.76. The number of ether oxygens (including phenoxy) is 1. The Bertz CT molecular complexity index is 377. The van der Waals surface area contributed by atoms with Gasteiger partial charge >= 0.3 is 6.09 Å². The molecule has 0 aromatic carbocycles. The van der Waals surface area contributed by atoms with Crippen LogP contribution in [-0.2, 0) is 4.74 Å². The van der Waals surface area contributed by atoms with Crippen LogP contribution in [0.5, 0.6) is 0 Å². The van der Waals surface area contributed by atoms with Crippen LogP contribution >= 0.6 is 11.3 Å². The van der Waals surface area contributed by atoms with Crippen LogP contribution in [0.1, 0.15) is 4.88 Å². The molecule has 0 saturated heterocycles. The summed E-state index contributed by atoms with van der Waals surface area (Å²) in [5, 5.41) is 2.89. The van der Waals surface area contributed by atoms with E-state index < -0.39 is 6.09 Å². The van der Waals surface area contributed by atoms with Gasteiger partial charge in [-0.3, -0.25) is 5.32 Å². The topological polar surface area (TPSA) is 77.2 Å². The smallest absolute Gasteiger partial charge is 0.413 e. The summed E-state index contributed by atoms with van der Waals surface area (Å²) in [4.78, 5) is 15.5. The highest BCUT2D eigenvalue weighted by Crippen LogP contribution is 2.16. The Morgan fingerprint density at radius 3 is 3.29 bits per heavy atom. The van der Waals surface area contributed by atoms with Gasteiger partial charge in [0.2, 0.25) is 0 Å². The summed E-state index contributed by atoms with van der Waals surface area (Å²) in [6.45, 7) is 0.303. The molecule has 6 heteroatoms. The predicted molar refractivity (Wildman–Crippen MR) is 54.1 cm³/mol. The van der Waals surface area contributed by atoms with Crippen molar-refractivity contribution in [2.24, 2.45) is 5.73 Å². The van der Waals surface area contributed by atoms with Gasteiger partial charge < -0.3 is 10.5 Å². The second kappa shape index (κ2) is 5.21. The van der Waals surface area contributed by atoms with Crippen LogP contribution < -0.4 is 11.1 Å². The lowest BCUT2D eigenvalue weighted by Crippen LogP contribution is -2.10. The van der Waals surface area contributed by atoms with E-state index in [0.717, 1.165) is 4.88 Å². The molecule has 0 aliphatic carbocycles. The second-order valence-corrected chi connectivity index (χ2v) is 3.18. The highest BCUT2D eigenvalue weighted by Gasteiger charge is 2.03. The number of nitrogens with one attached hydrogen (secondary N) is 1. The maximum absolute atomic E-state index is 10.8. The molecule has 5 nitrogen and oxygen atoms in total. The maximum Gasteiger partial charge on any atom is 0.413 e. The van der Waals surface area contributed by atoms with Crippen molar-refractivity contribution in [1.29, 1.82) is 0 Å². The molecule has 1 amide bonds. The van der Waals surface area contributed by atoms with Gasteiger partial charge in [-0.2, -0.15) is 0 Å². The van der Waals surface area contributed by atoms with E-state index >= 15 is 0 Å². The van der Waals surface area contributed by atoms with Crippen molar-refractivity contribution in [3.63, 3.8) is 0 Å². The Balaban J connectivity index is 2.64. The highest BCUT2D eigenvalue weighted by molar-refractivity contribution is 7.16. The number of hydrogen-bond acceptors (Lipinski definition) is 5. The van der Waals surface area contributed by atoms with E-state index in [2.05, 4.69) is 26.9 Å². The third-order valence-electron chi connectivity index (χ3n) is 1.21. The number of anilines is 1. The Morgan fingerprint density at radius 1 is 1.86 bits per heavy atom. The van der Waals surface area contributed by atoms with Crippen LogP contribution in [0.15, 0.2) is 6.20 Å². The number of rotatable bonds is 1. The molecule has 1 aromatic heterocycles. The van der Waals surface area contributed by atoms with E-state index in [-0.39, 0.29) is 0 Å². The molecule has 14 heavy (non-hydrogen) atoms. The lowest BCUT2D eigenvalue weighted by Gasteiger charge is -1.96. The summed E-state index contributed by atoms with van der Waals surface area (Å²) in [6, 6.07) is 0. The van der Waals surface area contributed by atoms with Crippen molar-refractivity contribution in [2.45, 2.75) is 0 Å². The molecule has 0 aliphatic heterocycles. The molecule has 1 heterocycles. The van der Waals surface area contributed by atoms with Crippen LogP contribution in [0.4, 0.5) is 9.93 Å². The fourth-order valence-electron chi connectivity index (χ4n) is 0.666. The molecule has 0 fully saturated rings. The van der Waals surface area contributed by atoms with E-state index in [4.69, 9.17) is 5.73 Å². The quantitative estimate of drug-likeness (QED) is 0.668. The van der Waals surface area contributed by atoms with Gasteiger partial charge in [0, 0.05) is 0 Å². The normalized spacial score (nSPS) is 8.71. The van der Waals surface area contributed by atoms with Gasteiger partial charge in [0.05, 0.1) is 24.7 Å². The summed E-state index contributed by atoms with van der Waals surface area (Å²) in [5.41, 5.74) is 5.21. The molecule has 0 radical (unpaired) electrons. The summed E-state index contributed by atoms with van der Waals surface area (Å²) < 4.78 is 4.41. The van der Waals surface area contributed by atoms with E-state index in [1.54, 1.807) is 6.20 Å². The van der Waals surface area contributed by atoms with Crippen LogP contribution in [0.2, 0.25) is 0 Å². The van der Waals surface area contributed by atoms with Crippen molar-refractivity contribution in [2.75, 3.05) is 19.0 Å². The average Bonchev–Trinajstić information content (AvgIpc) is 2.62. The molecular formula is C8H9N3O2S. The number of hydrogen-bond donors (Lipinski definition) is 2. The van der Waals surface area contributed by atoms with Gasteiger partial charge in [0.1, 0.15) is 0 Å². The molecule has 74 valence electrons. The zero-order valence-corrected chi connectivity index (χ0v) is 8.35. The van der Waals surface area contributed by atoms with Gasteiger partial charge in [0.15, 0.2) is 5.13 Å². The fourth-order valence-corrected chi connectivity index (χ4v) is 1.34. The first-order valence-corrected chi connectivity index (χ1v) is 4.57. The minimum Gasteiger partial charge on any atom is -0.453 e. The van der Waals surface area contributed by atoms with E-state index in [9.17, 15) is 4.79 Å². The Kier molecular flexibility index (Phi) is 3.91. The average molecular weight is 211 g/mol. The van der Waals surface area contributed by atoms with Crippen LogP contribution in [0.25, 0.3) is 0 Å². The molecule has 0 unspecified atom stereocenters.